The van der Waals surface area contributed by atoms with Crippen LogP contribution >= 0.6 is 0 Å². The van der Waals surface area contributed by atoms with Gasteiger partial charge in [-0.3, -0.25) is 9.59 Å². The molecule has 0 saturated carbocycles. The minimum absolute atomic E-state index is 0.0213. The van der Waals surface area contributed by atoms with Gasteiger partial charge in [0, 0.05) is 19.4 Å². The van der Waals surface area contributed by atoms with Crippen LogP contribution in [0.25, 0.3) is 0 Å². The largest absolute Gasteiger partial charge is 0.478 e. The van der Waals surface area contributed by atoms with E-state index in [-0.39, 0.29) is 17.9 Å². The van der Waals surface area contributed by atoms with Crippen LogP contribution in [0.5, 0.6) is 5.75 Å². The van der Waals surface area contributed by atoms with Crippen LogP contribution in [0.4, 0.5) is 0 Å². The number of hydrogen-bond acceptors (Lipinski definition) is 5. The fourth-order valence-electron chi connectivity index (χ4n) is 1.26. The maximum Gasteiger partial charge on any atom is 0.335 e. The molecule has 6 heteroatoms. The summed E-state index contributed by atoms with van der Waals surface area (Å²) in [6.07, 6.45) is 0. The number of carbonyl (C=O) groups excluding carboxylic acids is 2. The molecule has 0 amide bonds. The van der Waals surface area contributed by atoms with E-state index in [2.05, 4.69) is 0 Å². The van der Waals surface area contributed by atoms with Crippen molar-refractivity contribution in [3.8, 4) is 5.75 Å². The van der Waals surface area contributed by atoms with E-state index >= 15 is 0 Å². The van der Waals surface area contributed by atoms with E-state index in [0.717, 1.165) is 0 Å². The van der Waals surface area contributed by atoms with Crippen molar-refractivity contribution < 1.29 is 29.0 Å². The van der Waals surface area contributed by atoms with E-state index in [4.69, 9.17) is 14.6 Å². The molecule has 0 bridgehead atoms. The third-order valence-electron chi connectivity index (χ3n) is 1.99. The highest BCUT2D eigenvalue weighted by Crippen LogP contribution is 2.21. The second-order valence-corrected chi connectivity index (χ2v) is 3.50. The van der Waals surface area contributed by atoms with E-state index in [1.807, 2.05) is 0 Å². The Morgan fingerprint density at radius 3 is 2.33 bits per heavy atom. The lowest BCUT2D eigenvalue weighted by Gasteiger charge is -2.09. The predicted molar refractivity (Wildman–Crippen MR) is 60.2 cm³/mol. The van der Waals surface area contributed by atoms with Gasteiger partial charge in [0.05, 0.1) is 5.56 Å². The second kappa shape index (κ2) is 5.81. The molecule has 0 saturated heterocycles. The number of rotatable bonds is 4. The van der Waals surface area contributed by atoms with Crippen LogP contribution in [0.2, 0.25) is 0 Å². The molecule has 1 aromatic carbocycles. The summed E-state index contributed by atoms with van der Waals surface area (Å²) in [6.45, 7) is 2.30. The molecule has 0 atom stereocenters. The summed E-state index contributed by atoms with van der Waals surface area (Å²) < 4.78 is 9.65. The number of esters is 2. The van der Waals surface area contributed by atoms with Crippen molar-refractivity contribution in [3.05, 3.63) is 29.3 Å². The van der Waals surface area contributed by atoms with Crippen LogP contribution < -0.4 is 4.74 Å². The SMILES string of the molecule is CC(=O)OCc1cc(C(=O)O)ccc1OC(C)=O. The molecule has 18 heavy (non-hydrogen) atoms. The molecule has 0 heterocycles. The molecular formula is C12H12O6. The molecule has 0 aliphatic heterocycles. The zero-order valence-corrected chi connectivity index (χ0v) is 9.93. The number of carboxylic acids is 1. The van der Waals surface area contributed by atoms with Crippen molar-refractivity contribution in [1.82, 2.24) is 0 Å². The minimum atomic E-state index is -1.12. The van der Waals surface area contributed by atoms with Crippen LogP contribution in [0.1, 0.15) is 29.8 Å². The molecule has 0 radical (unpaired) electrons. The molecule has 1 rings (SSSR count). The normalized spacial score (nSPS) is 9.67. The third kappa shape index (κ3) is 3.89. The van der Waals surface area contributed by atoms with Crippen LogP contribution in [0.3, 0.4) is 0 Å². The molecule has 0 unspecified atom stereocenters. The lowest BCUT2D eigenvalue weighted by Crippen LogP contribution is -2.08. The molecule has 6 nitrogen and oxygen atoms in total. The first-order chi connectivity index (χ1) is 8.40. The first-order valence-electron chi connectivity index (χ1n) is 5.08. The van der Waals surface area contributed by atoms with Gasteiger partial charge < -0.3 is 14.6 Å². The van der Waals surface area contributed by atoms with Crippen LogP contribution in [-0.2, 0) is 20.9 Å². The van der Waals surface area contributed by atoms with Crippen molar-refractivity contribution in [2.24, 2.45) is 0 Å². The van der Waals surface area contributed by atoms with E-state index in [9.17, 15) is 14.4 Å². The predicted octanol–water partition coefficient (Wildman–Crippen LogP) is 1.37. The van der Waals surface area contributed by atoms with E-state index in [0.29, 0.717) is 5.56 Å². The van der Waals surface area contributed by atoms with Crippen molar-refractivity contribution in [1.29, 1.82) is 0 Å². The standard InChI is InChI=1S/C12H12O6/c1-7(13)17-6-10-5-9(12(15)16)3-4-11(10)18-8(2)14/h3-5H,6H2,1-2H3,(H,15,16). The van der Waals surface area contributed by atoms with Gasteiger partial charge in [-0.15, -0.1) is 0 Å². The Morgan fingerprint density at radius 2 is 1.83 bits per heavy atom. The Kier molecular flexibility index (Phi) is 4.42. The number of hydrogen-bond donors (Lipinski definition) is 1. The highest BCUT2D eigenvalue weighted by Gasteiger charge is 2.12. The summed E-state index contributed by atoms with van der Waals surface area (Å²) in [7, 11) is 0. The van der Waals surface area contributed by atoms with E-state index < -0.39 is 17.9 Å². The summed E-state index contributed by atoms with van der Waals surface area (Å²) in [4.78, 5) is 32.4. The average Bonchev–Trinajstić information content (AvgIpc) is 2.26. The average molecular weight is 252 g/mol. The molecule has 96 valence electrons. The van der Waals surface area contributed by atoms with Crippen molar-refractivity contribution in [2.45, 2.75) is 20.5 Å². The molecule has 0 aliphatic rings. The number of benzene rings is 1. The third-order valence-corrected chi connectivity index (χ3v) is 1.99. The highest BCUT2D eigenvalue weighted by atomic mass is 16.5. The molecule has 0 fully saturated rings. The van der Waals surface area contributed by atoms with Gasteiger partial charge in [-0.2, -0.15) is 0 Å². The van der Waals surface area contributed by atoms with Gasteiger partial charge in [-0.25, -0.2) is 4.79 Å². The van der Waals surface area contributed by atoms with Gasteiger partial charge in [0.15, 0.2) is 0 Å². The van der Waals surface area contributed by atoms with Gasteiger partial charge >= 0.3 is 17.9 Å². The summed E-state index contributed by atoms with van der Waals surface area (Å²) in [5.74, 6) is -1.99. The number of carbonyl (C=O) groups is 3. The van der Waals surface area contributed by atoms with E-state index in [1.165, 1.54) is 32.0 Å². The van der Waals surface area contributed by atoms with Gasteiger partial charge in [0.2, 0.25) is 0 Å². The zero-order chi connectivity index (χ0) is 13.7. The van der Waals surface area contributed by atoms with Crippen molar-refractivity contribution in [3.63, 3.8) is 0 Å². The molecular weight excluding hydrogens is 240 g/mol. The first kappa shape index (κ1) is 13.7. The summed E-state index contributed by atoms with van der Waals surface area (Å²) in [6, 6.07) is 3.95. The summed E-state index contributed by atoms with van der Waals surface area (Å²) >= 11 is 0. The maximum atomic E-state index is 10.9. The van der Waals surface area contributed by atoms with E-state index in [1.54, 1.807) is 0 Å². The Labute approximate surface area is 103 Å². The fraction of sp³-hybridized carbons (Fsp3) is 0.250. The summed E-state index contributed by atoms with van der Waals surface area (Å²) in [5.41, 5.74) is 0.341. The zero-order valence-electron chi connectivity index (χ0n) is 9.93. The minimum Gasteiger partial charge on any atom is -0.478 e. The molecule has 1 N–H and O–H groups in total. The van der Waals surface area contributed by atoms with Gasteiger partial charge in [0.25, 0.3) is 0 Å². The number of carboxylic acid groups (broad SMARTS) is 1. The van der Waals surface area contributed by atoms with Gasteiger partial charge in [0.1, 0.15) is 12.4 Å². The van der Waals surface area contributed by atoms with Crippen LogP contribution in [0.15, 0.2) is 18.2 Å². The van der Waals surface area contributed by atoms with Crippen molar-refractivity contribution >= 4 is 17.9 Å². The number of ether oxygens (including phenoxy) is 2. The highest BCUT2D eigenvalue weighted by molar-refractivity contribution is 5.88. The molecule has 1 aromatic rings. The topological polar surface area (TPSA) is 89.9 Å². The maximum absolute atomic E-state index is 10.9. The Balaban J connectivity index is 3.04. The fourth-order valence-corrected chi connectivity index (χ4v) is 1.26. The molecule has 0 spiro atoms. The lowest BCUT2D eigenvalue weighted by atomic mass is 10.1. The monoisotopic (exact) mass is 252 g/mol. The quantitative estimate of drug-likeness (QED) is 0.643. The van der Waals surface area contributed by atoms with Crippen molar-refractivity contribution in [2.75, 3.05) is 0 Å². The Morgan fingerprint density at radius 1 is 1.17 bits per heavy atom. The number of aromatic carboxylic acids is 1. The van der Waals surface area contributed by atoms with Crippen LogP contribution in [0, 0.1) is 0 Å². The first-order valence-corrected chi connectivity index (χ1v) is 5.08. The Bertz CT molecular complexity index is 491. The molecule has 0 aliphatic carbocycles. The smallest absolute Gasteiger partial charge is 0.335 e. The summed E-state index contributed by atoms with van der Waals surface area (Å²) in [5, 5.41) is 8.84. The van der Waals surface area contributed by atoms with Gasteiger partial charge in [-0.1, -0.05) is 0 Å². The Hall–Kier alpha value is -2.37. The molecule has 0 aromatic heterocycles. The lowest BCUT2D eigenvalue weighted by molar-refractivity contribution is -0.142. The van der Waals surface area contributed by atoms with Crippen LogP contribution in [-0.4, -0.2) is 23.0 Å². The van der Waals surface area contributed by atoms with Gasteiger partial charge in [-0.05, 0) is 18.2 Å². The second-order valence-electron chi connectivity index (χ2n) is 3.50.